The van der Waals surface area contributed by atoms with Crippen molar-refractivity contribution in [3.8, 4) is 11.3 Å². The van der Waals surface area contributed by atoms with Crippen molar-refractivity contribution in [2.75, 3.05) is 13.1 Å². The molecule has 1 saturated carbocycles. The highest BCUT2D eigenvalue weighted by atomic mass is 16.2. The number of aromatic nitrogens is 2. The fourth-order valence-electron chi connectivity index (χ4n) is 4.32. The topological polar surface area (TPSA) is 92.4 Å². The third-order valence-corrected chi connectivity index (χ3v) is 6.27. The summed E-state index contributed by atoms with van der Waals surface area (Å²) >= 11 is 0. The SMILES string of the molecule is CC(C)C(=O)N1CCC(N(Cc2cnc(-c3ccc(C(N)=O)cc3)cn2)C2CC2)CC1. The van der Waals surface area contributed by atoms with E-state index in [0.29, 0.717) is 17.6 Å². The number of likely N-dealkylation sites (tertiary alicyclic amines) is 1. The number of hydrogen-bond donors (Lipinski definition) is 1. The van der Waals surface area contributed by atoms with E-state index in [2.05, 4.69) is 14.9 Å². The maximum atomic E-state index is 12.3. The van der Waals surface area contributed by atoms with Gasteiger partial charge in [-0.2, -0.15) is 0 Å². The molecule has 7 nitrogen and oxygen atoms in total. The van der Waals surface area contributed by atoms with Crippen LogP contribution < -0.4 is 5.73 Å². The minimum Gasteiger partial charge on any atom is -0.366 e. The molecule has 2 amide bonds. The third-order valence-electron chi connectivity index (χ3n) is 6.27. The lowest BCUT2D eigenvalue weighted by atomic mass is 10.0. The minimum atomic E-state index is -0.437. The van der Waals surface area contributed by atoms with Crippen molar-refractivity contribution in [2.45, 2.75) is 58.2 Å². The Hall–Kier alpha value is -2.80. The fourth-order valence-corrected chi connectivity index (χ4v) is 4.32. The highest BCUT2D eigenvalue weighted by Crippen LogP contribution is 2.33. The molecule has 4 rings (SSSR count). The molecule has 2 heterocycles. The lowest BCUT2D eigenvalue weighted by Gasteiger charge is -2.39. The number of nitrogens with two attached hydrogens (primary N) is 1. The second-order valence-corrected chi connectivity index (χ2v) is 8.95. The van der Waals surface area contributed by atoms with Crippen LogP contribution in [-0.2, 0) is 11.3 Å². The van der Waals surface area contributed by atoms with Gasteiger partial charge in [0.2, 0.25) is 11.8 Å². The van der Waals surface area contributed by atoms with Gasteiger partial charge < -0.3 is 10.6 Å². The number of primary amides is 1. The number of hydrogen-bond acceptors (Lipinski definition) is 5. The van der Waals surface area contributed by atoms with Crippen molar-refractivity contribution in [1.29, 1.82) is 0 Å². The molecule has 1 aromatic heterocycles. The first kappa shape index (κ1) is 21.4. The van der Waals surface area contributed by atoms with Crippen LogP contribution in [0.4, 0.5) is 0 Å². The summed E-state index contributed by atoms with van der Waals surface area (Å²) in [4.78, 5) is 37.4. The molecule has 0 bridgehead atoms. The fraction of sp³-hybridized carbons (Fsp3) is 0.500. The molecule has 0 unspecified atom stereocenters. The summed E-state index contributed by atoms with van der Waals surface area (Å²) in [6.45, 7) is 6.42. The van der Waals surface area contributed by atoms with Gasteiger partial charge in [-0.05, 0) is 37.8 Å². The van der Waals surface area contributed by atoms with E-state index in [0.717, 1.165) is 49.4 Å². The van der Waals surface area contributed by atoms with Crippen LogP contribution in [0.15, 0.2) is 36.7 Å². The summed E-state index contributed by atoms with van der Waals surface area (Å²) < 4.78 is 0. The summed E-state index contributed by atoms with van der Waals surface area (Å²) in [7, 11) is 0. The van der Waals surface area contributed by atoms with Gasteiger partial charge in [0.1, 0.15) is 0 Å². The summed E-state index contributed by atoms with van der Waals surface area (Å²) in [5.41, 5.74) is 8.43. The summed E-state index contributed by atoms with van der Waals surface area (Å²) in [6.07, 6.45) is 8.17. The van der Waals surface area contributed by atoms with Gasteiger partial charge in [-0.15, -0.1) is 0 Å². The van der Waals surface area contributed by atoms with Gasteiger partial charge in [0.25, 0.3) is 0 Å². The highest BCUT2D eigenvalue weighted by Gasteiger charge is 2.36. The minimum absolute atomic E-state index is 0.0665. The first-order valence-electron chi connectivity index (χ1n) is 11.2. The summed E-state index contributed by atoms with van der Waals surface area (Å²) in [6, 6.07) is 8.21. The molecule has 2 aliphatic rings. The summed E-state index contributed by atoms with van der Waals surface area (Å²) in [5.74, 6) is -0.105. The Morgan fingerprint density at radius 2 is 1.68 bits per heavy atom. The van der Waals surface area contributed by atoms with Gasteiger partial charge in [-0.3, -0.25) is 24.5 Å². The molecule has 1 aliphatic heterocycles. The van der Waals surface area contributed by atoms with Crippen molar-refractivity contribution in [3.05, 3.63) is 47.9 Å². The average molecular weight is 422 g/mol. The van der Waals surface area contributed by atoms with Gasteiger partial charge in [-0.1, -0.05) is 26.0 Å². The monoisotopic (exact) mass is 421 g/mol. The Balaban J connectivity index is 1.39. The van der Waals surface area contributed by atoms with Crippen LogP contribution in [0.25, 0.3) is 11.3 Å². The van der Waals surface area contributed by atoms with Gasteiger partial charge in [0.15, 0.2) is 0 Å². The first-order chi connectivity index (χ1) is 14.9. The van der Waals surface area contributed by atoms with Crippen LogP contribution >= 0.6 is 0 Å². The summed E-state index contributed by atoms with van der Waals surface area (Å²) in [5, 5.41) is 0. The molecule has 2 N–H and O–H groups in total. The molecule has 2 fully saturated rings. The van der Waals surface area contributed by atoms with Gasteiger partial charge in [0.05, 0.1) is 23.8 Å². The predicted molar refractivity (Wildman–Crippen MR) is 119 cm³/mol. The van der Waals surface area contributed by atoms with Crippen LogP contribution in [-0.4, -0.2) is 56.8 Å². The second kappa shape index (κ2) is 9.14. The molecule has 0 spiro atoms. The lowest BCUT2D eigenvalue weighted by Crippen LogP contribution is -2.48. The number of amides is 2. The van der Waals surface area contributed by atoms with Crippen molar-refractivity contribution in [3.63, 3.8) is 0 Å². The van der Waals surface area contributed by atoms with E-state index in [1.807, 2.05) is 37.1 Å². The maximum absolute atomic E-state index is 12.3. The number of carbonyl (C=O) groups is 2. The molecular formula is C24H31N5O2. The van der Waals surface area contributed by atoms with Crippen LogP contribution in [0, 0.1) is 5.92 Å². The van der Waals surface area contributed by atoms with Crippen LogP contribution in [0.2, 0.25) is 0 Å². The number of carbonyl (C=O) groups excluding carboxylic acids is 2. The van der Waals surface area contributed by atoms with Crippen LogP contribution in [0.1, 0.15) is 55.6 Å². The van der Waals surface area contributed by atoms with Gasteiger partial charge >= 0.3 is 0 Å². The van der Waals surface area contributed by atoms with Crippen molar-refractivity contribution in [1.82, 2.24) is 19.8 Å². The molecule has 1 aromatic carbocycles. The lowest BCUT2D eigenvalue weighted by molar-refractivity contribution is -0.136. The maximum Gasteiger partial charge on any atom is 0.248 e. The molecule has 0 atom stereocenters. The Bertz CT molecular complexity index is 914. The van der Waals surface area contributed by atoms with Gasteiger partial charge in [-0.25, -0.2) is 0 Å². The molecule has 2 aromatic rings. The molecule has 1 saturated heterocycles. The standard InChI is InChI=1S/C24H31N5O2/c1-16(2)24(31)28-11-9-21(10-12-28)29(20-7-8-20)15-19-13-27-22(14-26-19)17-3-5-18(6-4-17)23(25)30/h3-6,13-14,16,20-21H,7-12,15H2,1-2H3,(H2,25,30). The van der Waals surface area contributed by atoms with Crippen molar-refractivity contribution in [2.24, 2.45) is 11.7 Å². The van der Waals surface area contributed by atoms with E-state index < -0.39 is 5.91 Å². The predicted octanol–water partition coefficient (Wildman–Crippen LogP) is 2.85. The quantitative estimate of drug-likeness (QED) is 0.742. The van der Waals surface area contributed by atoms with Crippen LogP contribution in [0.5, 0.6) is 0 Å². The zero-order valence-corrected chi connectivity index (χ0v) is 18.3. The Labute approximate surface area is 183 Å². The average Bonchev–Trinajstić information content (AvgIpc) is 3.63. The van der Waals surface area contributed by atoms with Gasteiger partial charge in [0, 0.05) is 48.8 Å². The zero-order valence-electron chi connectivity index (χ0n) is 18.3. The van der Waals surface area contributed by atoms with E-state index in [9.17, 15) is 9.59 Å². The zero-order chi connectivity index (χ0) is 22.0. The van der Waals surface area contributed by atoms with E-state index in [-0.39, 0.29) is 11.8 Å². The molecular weight excluding hydrogens is 390 g/mol. The number of nitrogens with zero attached hydrogens (tertiary/aromatic N) is 4. The van der Waals surface area contributed by atoms with E-state index >= 15 is 0 Å². The van der Waals surface area contributed by atoms with Crippen molar-refractivity contribution < 1.29 is 9.59 Å². The number of benzene rings is 1. The van der Waals surface area contributed by atoms with E-state index in [1.165, 1.54) is 12.8 Å². The molecule has 31 heavy (non-hydrogen) atoms. The Morgan fingerprint density at radius 3 is 2.19 bits per heavy atom. The Kier molecular flexibility index (Phi) is 6.32. The molecule has 0 radical (unpaired) electrons. The molecule has 7 heteroatoms. The largest absolute Gasteiger partial charge is 0.366 e. The smallest absolute Gasteiger partial charge is 0.248 e. The van der Waals surface area contributed by atoms with E-state index in [1.54, 1.807) is 18.3 Å². The molecule has 1 aliphatic carbocycles. The van der Waals surface area contributed by atoms with Crippen molar-refractivity contribution >= 4 is 11.8 Å². The number of rotatable bonds is 7. The molecule has 164 valence electrons. The second-order valence-electron chi connectivity index (χ2n) is 8.95. The number of piperidine rings is 1. The van der Waals surface area contributed by atoms with Crippen LogP contribution in [0.3, 0.4) is 0 Å². The van der Waals surface area contributed by atoms with E-state index in [4.69, 9.17) is 5.73 Å². The normalized spacial score (nSPS) is 17.4. The highest BCUT2D eigenvalue weighted by molar-refractivity contribution is 5.93. The first-order valence-corrected chi connectivity index (χ1v) is 11.2. The third kappa shape index (κ3) is 5.10. The Morgan fingerprint density at radius 1 is 1.03 bits per heavy atom.